The molecule has 1 atom stereocenters. The highest BCUT2D eigenvalue weighted by atomic mass is 16.3. The third-order valence-corrected chi connectivity index (χ3v) is 3.69. The van der Waals surface area contributed by atoms with Gasteiger partial charge in [-0.2, -0.15) is 5.26 Å². The molecule has 0 radical (unpaired) electrons. The molecule has 0 aliphatic heterocycles. The zero-order valence-electron chi connectivity index (χ0n) is 11.9. The van der Waals surface area contributed by atoms with Crippen LogP contribution in [-0.2, 0) is 0 Å². The molecule has 0 heterocycles. The minimum Gasteiger partial charge on any atom is -0.389 e. The summed E-state index contributed by atoms with van der Waals surface area (Å²) >= 11 is 0. The van der Waals surface area contributed by atoms with E-state index in [-0.39, 0.29) is 0 Å². The van der Waals surface area contributed by atoms with E-state index in [0.717, 1.165) is 23.7 Å². The summed E-state index contributed by atoms with van der Waals surface area (Å²) < 4.78 is 0. The van der Waals surface area contributed by atoms with Gasteiger partial charge in [-0.3, -0.25) is 0 Å². The normalized spacial score (nSPS) is 16.2. The van der Waals surface area contributed by atoms with Crippen LogP contribution in [-0.4, -0.2) is 17.7 Å². The van der Waals surface area contributed by atoms with Crippen molar-refractivity contribution in [3.8, 4) is 6.07 Å². The lowest BCUT2D eigenvalue weighted by molar-refractivity contribution is 0.199. The van der Waals surface area contributed by atoms with Crippen LogP contribution in [0.2, 0.25) is 0 Å². The van der Waals surface area contributed by atoms with E-state index in [1.54, 1.807) is 13.0 Å². The summed E-state index contributed by atoms with van der Waals surface area (Å²) in [5.41, 5.74) is 2.57. The molecular weight excluding hydrogens is 236 g/mol. The molecule has 1 aliphatic carbocycles. The molecule has 0 unspecified atom stereocenters. The highest BCUT2D eigenvalue weighted by molar-refractivity contribution is 5.59. The quantitative estimate of drug-likeness (QED) is 0.882. The maximum Gasteiger partial charge on any atom is 0.0992 e. The van der Waals surface area contributed by atoms with Gasteiger partial charge >= 0.3 is 0 Å². The number of anilines is 1. The van der Waals surface area contributed by atoms with Gasteiger partial charge in [0, 0.05) is 23.8 Å². The fraction of sp³-hybridized carbons (Fsp3) is 0.562. The fourth-order valence-electron chi connectivity index (χ4n) is 2.38. The van der Waals surface area contributed by atoms with Crippen molar-refractivity contribution in [1.82, 2.24) is 0 Å². The van der Waals surface area contributed by atoms with Crippen molar-refractivity contribution in [1.29, 1.82) is 5.26 Å². The monoisotopic (exact) mass is 258 g/mol. The van der Waals surface area contributed by atoms with Crippen molar-refractivity contribution in [3.05, 3.63) is 29.3 Å². The van der Waals surface area contributed by atoms with Crippen LogP contribution in [0.15, 0.2) is 18.2 Å². The average molecular weight is 258 g/mol. The first kappa shape index (κ1) is 13.9. The SMILES string of the molecule is CC(C)N(CC1CC1)c1cc(C#N)ccc1[C@H](C)O. The van der Waals surface area contributed by atoms with Crippen LogP contribution in [0.1, 0.15) is 50.8 Å². The summed E-state index contributed by atoms with van der Waals surface area (Å²) in [5.74, 6) is 0.773. The van der Waals surface area contributed by atoms with Gasteiger partial charge in [0.05, 0.1) is 17.7 Å². The summed E-state index contributed by atoms with van der Waals surface area (Å²) in [7, 11) is 0. The second kappa shape index (κ2) is 5.63. The van der Waals surface area contributed by atoms with E-state index in [0.29, 0.717) is 11.6 Å². The van der Waals surface area contributed by atoms with Gasteiger partial charge in [0.1, 0.15) is 0 Å². The summed E-state index contributed by atoms with van der Waals surface area (Å²) in [6.07, 6.45) is 2.08. The molecule has 0 amide bonds. The molecule has 3 nitrogen and oxygen atoms in total. The molecule has 0 spiro atoms. The first-order chi connectivity index (χ1) is 9.02. The van der Waals surface area contributed by atoms with Gasteiger partial charge in [-0.05, 0) is 51.7 Å². The van der Waals surface area contributed by atoms with E-state index in [2.05, 4.69) is 24.8 Å². The molecular formula is C16H22N2O. The Balaban J connectivity index is 2.39. The summed E-state index contributed by atoms with van der Waals surface area (Å²) in [5, 5.41) is 19.0. The van der Waals surface area contributed by atoms with Gasteiger partial charge in [0.15, 0.2) is 0 Å². The zero-order valence-corrected chi connectivity index (χ0v) is 11.9. The second-order valence-corrected chi connectivity index (χ2v) is 5.75. The van der Waals surface area contributed by atoms with Gasteiger partial charge in [-0.15, -0.1) is 0 Å². The van der Waals surface area contributed by atoms with Crippen molar-refractivity contribution in [2.45, 2.75) is 45.8 Å². The van der Waals surface area contributed by atoms with E-state index in [1.807, 2.05) is 12.1 Å². The van der Waals surface area contributed by atoms with Gasteiger partial charge in [-0.25, -0.2) is 0 Å². The van der Waals surface area contributed by atoms with Crippen LogP contribution in [0.4, 0.5) is 5.69 Å². The Morgan fingerprint density at radius 3 is 2.53 bits per heavy atom. The molecule has 102 valence electrons. The van der Waals surface area contributed by atoms with Gasteiger partial charge < -0.3 is 10.0 Å². The summed E-state index contributed by atoms with van der Waals surface area (Å²) in [4.78, 5) is 2.32. The van der Waals surface area contributed by atoms with Crippen molar-refractivity contribution < 1.29 is 5.11 Å². The number of rotatable bonds is 5. The highest BCUT2D eigenvalue weighted by Crippen LogP contribution is 2.35. The van der Waals surface area contributed by atoms with E-state index < -0.39 is 6.10 Å². The fourth-order valence-corrected chi connectivity index (χ4v) is 2.38. The lowest BCUT2D eigenvalue weighted by atomic mass is 10.0. The first-order valence-electron chi connectivity index (χ1n) is 7.01. The molecule has 1 N–H and O–H groups in total. The molecule has 0 bridgehead atoms. The Morgan fingerprint density at radius 2 is 2.05 bits per heavy atom. The Kier molecular flexibility index (Phi) is 4.11. The smallest absolute Gasteiger partial charge is 0.0992 e. The molecule has 1 aromatic rings. The number of hydrogen-bond acceptors (Lipinski definition) is 3. The zero-order chi connectivity index (χ0) is 14.0. The maximum absolute atomic E-state index is 9.94. The van der Waals surface area contributed by atoms with E-state index in [9.17, 15) is 5.11 Å². The highest BCUT2D eigenvalue weighted by Gasteiger charge is 2.27. The van der Waals surface area contributed by atoms with Crippen LogP contribution in [0.25, 0.3) is 0 Å². The maximum atomic E-state index is 9.94. The molecule has 19 heavy (non-hydrogen) atoms. The Bertz CT molecular complexity index is 484. The number of hydrogen-bond donors (Lipinski definition) is 1. The van der Waals surface area contributed by atoms with Crippen molar-refractivity contribution in [3.63, 3.8) is 0 Å². The molecule has 0 saturated heterocycles. The summed E-state index contributed by atoms with van der Waals surface area (Å²) in [6.45, 7) is 7.12. The van der Waals surface area contributed by atoms with E-state index in [4.69, 9.17) is 5.26 Å². The van der Waals surface area contributed by atoms with Crippen molar-refractivity contribution in [2.24, 2.45) is 5.92 Å². The number of aliphatic hydroxyl groups excluding tert-OH is 1. The number of nitriles is 1. The largest absolute Gasteiger partial charge is 0.389 e. The summed E-state index contributed by atoms with van der Waals surface area (Å²) in [6, 6.07) is 8.12. The molecule has 1 aliphatic rings. The Hall–Kier alpha value is -1.53. The predicted octanol–water partition coefficient (Wildman–Crippen LogP) is 3.24. The topological polar surface area (TPSA) is 47.3 Å². The van der Waals surface area contributed by atoms with Crippen LogP contribution in [0.3, 0.4) is 0 Å². The second-order valence-electron chi connectivity index (χ2n) is 5.75. The molecule has 1 aromatic carbocycles. The third kappa shape index (κ3) is 3.27. The lowest BCUT2D eigenvalue weighted by Crippen LogP contribution is -2.33. The molecule has 3 heteroatoms. The minimum absolute atomic E-state index is 0.368. The molecule has 0 aromatic heterocycles. The predicted molar refractivity (Wildman–Crippen MR) is 77.0 cm³/mol. The minimum atomic E-state index is -0.511. The van der Waals surface area contributed by atoms with E-state index in [1.165, 1.54) is 12.8 Å². The van der Waals surface area contributed by atoms with Crippen LogP contribution >= 0.6 is 0 Å². The van der Waals surface area contributed by atoms with Gasteiger partial charge in [0.2, 0.25) is 0 Å². The average Bonchev–Trinajstić information content (AvgIpc) is 3.18. The van der Waals surface area contributed by atoms with E-state index >= 15 is 0 Å². The third-order valence-electron chi connectivity index (χ3n) is 3.69. The first-order valence-corrected chi connectivity index (χ1v) is 7.01. The van der Waals surface area contributed by atoms with Gasteiger partial charge in [0.25, 0.3) is 0 Å². The molecule has 1 fully saturated rings. The lowest BCUT2D eigenvalue weighted by Gasteiger charge is -2.32. The van der Waals surface area contributed by atoms with Crippen LogP contribution in [0, 0.1) is 17.2 Å². The van der Waals surface area contributed by atoms with Crippen LogP contribution in [0.5, 0.6) is 0 Å². The molecule has 1 saturated carbocycles. The Labute approximate surface area is 115 Å². The number of nitrogens with zero attached hydrogens (tertiary/aromatic N) is 2. The Morgan fingerprint density at radius 1 is 1.37 bits per heavy atom. The van der Waals surface area contributed by atoms with Gasteiger partial charge in [-0.1, -0.05) is 6.07 Å². The number of aliphatic hydroxyl groups is 1. The standard InChI is InChI=1S/C16H22N2O/c1-11(2)18(10-13-4-5-13)16-8-14(9-17)6-7-15(16)12(3)19/h6-8,11-13,19H,4-5,10H2,1-3H3/t12-/m0/s1. The van der Waals surface area contributed by atoms with Crippen LogP contribution < -0.4 is 4.90 Å². The number of benzene rings is 1. The molecule has 2 rings (SSSR count). The van der Waals surface area contributed by atoms with Crippen molar-refractivity contribution in [2.75, 3.05) is 11.4 Å². The van der Waals surface area contributed by atoms with Crippen molar-refractivity contribution >= 4 is 5.69 Å².